The standard InChI is InChI=1S/C14H22ClNO2S2/c1-14(2,3)11-4-6-16(7-5-11)20(17,18)13-8-12(9-15)19-10-13/h8,10-11H,4-7,9H2,1-3H3. The predicted molar refractivity (Wildman–Crippen MR) is 84.8 cm³/mol. The van der Waals surface area contributed by atoms with E-state index in [0.29, 0.717) is 29.8 Å². The summed E-state index contributed by atoms with van der Waals surface area (Å²) in [6.07, 6.45) is 1.88. The normalized spacial score (nSPS) is 19.4. The molecule has 0 radical (unpaired) electrons. The molecule has 1 saturated heterocycles. The molecule has 0 spiro atoms. The Kier molecular flexibility index (Phi) is 4.84. The fourth-order valence-electron chi connectivity index (χ4n) is 2.68. The summed E-state index contributed by atoms with van der Waals surface area (Å²) in [4.78, 5) is 1.29. The number of piperidine rings is 1. The van der Waals surface area contributed by atoms with Crippen LogP contribution in [0.15, 0.2) is 16.3 Å². The second-order valence-corrected chi connectivity index (χ2v) is 9.63. The highest BCUT2D eigenvalue weighted by Crippen LogP contribution is 2.36. The van der Waals surface area contributed by atoms with E-state index in [-0.39, 0.29) is 5.41 Å². The molecule has 1 aliphatic rings. The number of thiophene rings is 1. The maximum absolute atomic E-state index is 12.6. The second kappa shape index (κ2) is 5.95. The molecule has 0 amide bonds. The minimum Gasteiger partial charge on any atom is -0.207 e. The van der Waals surface area contributed by atoms with Crippen LogP contribution in [0, 0.1) is 11.3 Å². The molecule has 0 atom stereocenters. The zero-order valence-corrected chi connectivity index (χ0v) is 14.6. The Morgan fingerprint density at radius 1 is 1.35 bits per heavy atom. The van der Waals surface area contributed by atoms with Gasteiger partial charge in [-0.3, -0.25) is 0 Å². The van der Waals surface area contributed by atoms with Crippen LogP contribution in [0.2, 0.25) is 0 Å². The van der Waals surface area contributed by atoms with Gasteiger partial charge in [-0.25, -0.2) is 8.42 Å². The van der Waals surface area contributed by atoms with Crippen molar-refractivity contribution < 1.29 is 8.42 Å². The Morgan fingerprint density at radius 3 is 2.40 bits per heavy atom. The quantitative estimate of drug-likeness (QED) is 0.785. The summed E-state index contributed by atoms with van der Waals surface area (Å²) in [6, 6.07) is 1.70. The molecule has 2 heterocycles. The van der Waals surface area contributed by atoms with E-state index < -0.39 is 10.0 Å². The minimum atomic E-state index is -3.34. The molecule has 0 saturated carbocycles. The van der Waals surface area contributed by atoms with Crippen molar-refractivity contribution in [1.82, 2.24) is 4.31 Å². The monoisotopic (exact) mass is 335 g/mol. The van der Waals surface area contributed by atoms with Crippen molar-refractivity contribution in [3.05, 3.63) is 16.3 Å². The van der Waals surface area contributed by atoms with Crippen molar-refractivity contribution in [3.63, 3.8) is 0 Å². The van der Waals surface area contributed by atoms with Gasteiger partial charge in [-0.05, 0) is 30.2 Å². The van der Waals surface area contributed by atoms with E-state index in [4.69, 9.17) is 11.6 Å². The van der Waals surface area contributed by atoms with Crippen molar-refractivity contribution in [2.24, 2.45) is 11.3 Å². The number of alkyl halides is 1. The Balaban J connectivity index is 2.09. The molecule has 114 valence electrons. The summed E-state index contributed by atoms with van der Waals surface area (Å²) in [6.45, 7) is 7.93. The molecule has 1 aromatic heterocycles. The third-order valence-corrected chi connectivity index (χ3v) is 7.49. The van der Waals surface area contributed by atoms with E-state index in [1.807, 2.05) is 0 Å². The van der Waals surface area contributed by atoms with Gasteiger partial charge in [0, 0.05) is 23.3 Å². The molecule has 2 rings (SSSR count). The van der Waals surface area contributed by atoms with Gasteiger partial charge >= 0.3 is 0 Å². The van der Waals surface area contributed by atoms with Gasteiger partial charge in [-0.2, -0.15) is 4.31 Å². The lowest BCUT2D eigenvalue weighted by Crippen LogP contribution is -2.41. The highest BCUT2D eigenvalue weighted by Gasteiger charge is 2.34. The number of halogens is 1. The van der Waals surface area contributed by atoms with Crippen LogP contribution in [0.1, 0.15) is 38.5 Å². The fourth-order valence-corrected chi connectivity index (χ4v) is 5.52. The van der Waals surface area contributed by atoms with Crippen LogP contribution in [-0.4, -0.2) is 25.8 Å². The number of rotatable bonds is 3. The fraction of sp³-hybridized carbons (Fsp3) is 0.714. The largest absolute Gasteiger partial charge is 0.243 e. The number of sulfonamides is 1. The van der Waals surface area contributed by atoms with Crippen LogP contribution in [0.5, 0.6) is 0 Å². The van der Waals surface area contributed by atoms with Crippen molar-refractivity contribution in [2.75, 3.05) is 13.1 Å². The van der Waals surface area contributed by atoms with Gasteiger partial charge in [-0.15, -0.1) is 22.9 Å². The van der Waals surface area contributed by atoms with Gasteiger partial charge < -0.3 is 0 Å². The SMILES string of the molecule is CC(C)(C)C1CCN(S(=O)(=O)c2csc(CCl)c2)CC1. The van der Waals surface area contributed by atoms with E-state index in [2.05, 4.69) is 20.8 Å². The van der Waals surface area contributed by atoms with Gasteiger partial charge in [0.2, 0.25) is 10.0 Å². The Bertz CT molecular complexity index is 552. The van der Waals surface area contributed by atoms with E-state index in [1.165, 1.54) is 11.3 Å². The zero-order valence-electron chi connectivity index (χ0n) is 12.2. The average Bonchev–Trinajstić information content (AvgIpc) is 2.87. The average molecular weight is 336 g/mol. The number of hydrogen-bond donors (Lipinski definition) is 0. The molecule has 3 nitrogen and oxygen atoms in total. The molecular weight excluding hydrogens is 314 g/mol. The van der Waals surface area contributed by atoms with Gasteiger partial charge in [0.1, 0.15) is 0 Å². The molecular formula is C14H22ClNO2S2. The summed E-state index contributed by atoms with van der Waals surface area (Å²) < 4.78 is 26.7. The number of nitrogens with zero attached hydrogens (tertiary/aromatic N) is 1. The second-order valence-electron chi connectivity index (χ2n) is 6.43. The summed E-state index contributed by atoms with van der Waals surface area (Å²) in [7, 11) is -3.34. The summed E-state index contributed by atoms with van der Waals surface area (Å²) in [5.41, 5.74) is 0.254. The third-order valence-electron chi connectivity index (χ3n) is 4.08. The molecule has 6 heteroatoms. The Morgan fingerprint density at radius 2 is 1.95 bits per heavy atom. The zero-order chi connectivity index (χ0) is 15.0. The maximum Gasteiger partial charge on any atom is 0.243 e. The molecule has 0 aliphatic carbocycles. The first kappa shape index (κ1) is 16.3. The lowest BCUT2D eigenvalue weighted by atomic mass is 9.76. The molecule has 1 fully saturated rings. The highest BCUT2D eigenvalue weighted by molar-refractivity contribution is 7.89. The first-order valence-electron chi connectivity index (χ1n) is 6.88. The summed E-state index contributed by atoms with van der Waals surface area (Å²) >= 11 is 7.15. The predicted octanol–water partition coefficient (Wildman–Crippen LogP) is 3.93. The van der Waals surface area contributed by atoms with E-state index in [0.717, 1.165) is 17.7 Å². The minimum absolute atomic E-state index is 0.254. The van der Waals surface area contributed by atoms with Gasteiger partial charge in [-0.1, -0.05) is 20.8 Å². The molecule has 0 unspecified atom stereocenters. The first-order chi connectivity index (χ1) is 9.25. The Labute approximate surface area is 131 Å². The lowest BCUT2D eigenvalue weighted by Gasteiger charge is -2.38. The number of hydrogen-bond acceptors (Lipinski definition) is 3. The van der Waals surface area contributed by atoms with Crippen molar-refractivity contribution >= 4 is 33.0 Å². The van der Waals surface area contributed by atoms with Gasteiger partial charge in [0.05, 0.1) is 10.8 Å². The van der Waals surface area contributed by atoms with Crippen molar-refractivity contribution in [2.45, 2.75) is 44.4 Å². The first-order valence-corrected chi connectivity index (χ1v) is 9.74. The Hall–Kier alpha value is -0.100. The molecule has 0 aromatic carbocycles. The maximum atomic E-state index is 12.6. The van der Waals surface area contributed by atoms with Crippen molar-refractivity contribution in [1.29, 1.82) is 0 Å². The van der Waals surface area contributed by atoms with Crippen LogP contribution in [-0.2, 0) is 15.9 Å². The van der Waals surface area contributed by atoms with E-state index in [1.54, 1.807) is 15.8 Å². The lowest BCUT2D eigenvalue weighted by molar-refractivity contribution is 0.154. The van der Waals surface area contributed by atoms with Gasteiger partial charge in [0.25, 0.3) is 0 Å². The molecule has 20 heavy (non-hydrogen) atoms. The van der Waals surface area contributed by atoms with Crippen LogP contribution in [0.25, 0.3) is 0 Å². The third kappa shape index (κ3) is 3.38. The van der Waals surface area contributed by atoms with Crippen LogP contribution >= 0.6 is 22.9 Å². The van der Waals surface area contributed by atoms with Crippen molar-refractivity contribution in [3.8, 4) is 0 Å². The molecule has 0 bridgehead atoms. The highest BCUT2D eigenvalue weighted by atomic mass is 35.5. The van der Waals surface area contributed by atoms with Crippen LogP contribution in [0.4, 0.5) is 0 Å². The molecule has 0 N–H and O–H groups in total. The van der Waals surface area contributed by atoms with E-state index in [9.17, 15) is 8.42 Å². The van der Waals surface area contributed by atoms with Crippen LogP contribution in [0.3, 0.4) is 0 Å². The van der Waals surface area contributed by atoms with Crippen LogP contribution < -0.4 is 0 Å². The van der Waals surface area contributed by atoms with E-state index >= 15 is 0 Å². The molecule has 1 aromatic rings. The molecule has 1 aliphatic heterocycles. The smallest absolute Gasteiger partial charge is 0.207 e. The summed E-state index contributed by atoms with van der Waals surface area (Å²) in [5.74, 6) is 0.960. The topological polar surface area (TPSA) is 37.4 Å². The van der Waals surface area contributed by atoms with Gasteiger partial charge in [0.15, 0.2) is 0 Å². The summed E-state index contributed by atoms with van der Waals surface area (Å²) in [5, 5.41) is 1.70.